The second kappa shape index (κ2) is 9.06. The molecular formula is C22H33N5O7. The molecule has 0 radical (unpaired) electrons. The van der Waals surface area contributed by atoms with Gasteiger partial charge in [-0.15, -0.1) is 0 Å². The van der Waals surface area contributed by atoms with Crippen LogP contribution in [0.5, 0.6) is 0 Å². The van der Waals surface area contributed by atoms with Crippen molar-refractivity contribution in [1.29, 1.82) is 0 Å². The SMILES string of the molecule is CN1C[C@@H]2C[C@H]1C(=O)N1CCN(C(=O)C3CC3)[C@@H](C1)C(=O)NC[C@H]1O[C@@H](CC(=O)N2)[C@H](O)[C@@H]1O. The van der Waals surface area contributed by atoms with Crippen LogP contribution in [0.15, 0.2) is 0 Å². The second-order valence-corrected chi connectivity index (χ2v) is 10.2. The average Bonchev–Trinajstić information content (AvgIpc) is 3.55. The van der Waals surface area contributed by atoms with E-state index < -0.39 is 42.4 Å². The number of hydrogen-bond donors (Lipinski definition) is 4. The van der Waals surface area contributed by atoms with E-state index in [1.807, 2.05) is 11.9 Å². The van der Waals surface area contributed by atoms with Crippen molar-refractivity contribution in [2.24, 2.45) is 5.92 Å². The summed E-state index contributed by atoms with van der Waals surface area (Å²) in [7, 11) is 1.82. The molecule has 4 heterocycles. The molecule has 188 valence electrons. The van der Waals surface area contributed by atoms with Crippen LogP contribution in [0.25, 0.3) is 0 Å². The van der Waals surface area contributed by atoms with E-state index in [-0.39, 0.29) is 55.7 Å². The maximum atomic E-state index is 13.4. The van der Waals surface area contributed by atoms with E-state index in [1.54, 1.807) is 9.80 Å². The van der Waals surface area contributed by atoms with Gasteiger partial charge in [-0.2, -0.15) is 0 Å². The van der Waals surface area contributed by atoms with Crippen LogP contribution in [0.1, 0.15) is 25.7 Å². The van der Waals surface area contributed by atoms with E-state index in [9.17, 15) is 29.4 Å². The number of fused-ring (bicyclic) bond motifs is 6. The average molecular weight is 480 g/mol. The molecule has 0 aromatic rings. The van der Waals surface area contributed by atoms with Gasteiger partial charge in [-0.1, -0.05) is 0 Å². The third-order valence-corrected chi connectivity index (χ3v) is 7.73. The summed E-state index contributed by atoms with van der Waals surface area (Å²) in [6.07, 6.45) is -2.40. The van der Waals surface area contributed by atoms with Gasteiger partial charge in [0.25, 0.3) is 0 Å². The Labute approximate surface area is 197 Å². The fourth-order valence-corrected chi connectivity index (χ4v) is 5.59. The van der Waals surface area contributed by atoms with E-state index >= 15 is 0 Å². The van der Waals surface area contributed by atoms with E-state index in [0.29, 0.717) is 19.5 Å². The number of nitrogens with one attached hydrogen (secondary N) is 2. The largest absolute Gasteiger partial charge is 0.388 e. The molecule has 12 nitrogen and oxygen atoms in total. The van der Waals surface area contributed by atoms with Crippen LogP contribution < -0.4 is 10.6 Å². The van der Waals surface area contributed by atoms with Crippen LogP contribution in [-0.4, -0.2) is 131 Å². The first-order valence-electron chi connectivity index (χ1n) is 12.1. The zero-order valence-electron chi connectivity index (χ0n) is 19.3. The number of likely N-dealkylation sites (N-methyl/N-ethyl adjacent to an activating group) is 1. The zero-order chi connectivity index (χ0) is 24.1. The number of rotatable bonds is 1. The van der Waals surface area contributed by atoms with Crippen LogP contribution in [0.3, 0.4) is 0 Å². The molecule has 4 saturated heterocycles. The Bertz CT molecular complexity index is 867. The van der Waals surface area contributed by atoms with Crippen LogP contribution in [0, 0.1) is 5.92 Å². The Morgan fingerprint density at radius 3 is 2.50 bits per heavy atom. The molecular weight excluding hydrogens is 446 g/mol. The van der Waals surface area contributed by atoms with Gasteiger partial charge < -0.3 is 35.4 Å². The van der Waals surface area contributed by atoms with Crippen molar-refractivity contribution in [3.63, 3.8) is 0 Å². The summed E-state index contributed by atoms with van der Waals surface area (Å²) in [5.41, 5.74) is 0. The lowest BCUT2D eigenvalue weighted by atomic mass is 10.0. The van der Waals surface area contributed by atoms with Crippen molar-refractivity contribution < 1.29 is 34.1 Å². The van der Waals surface area contributed by atoms with Crippen molar-refractivity contribution in [3.05, 3.63) is 0 Å². The van der Waals surface area contributed by atoms with E-state index in [2.05, 4.69) is 10.6 Å². The van der Waals surface area contributed by atoms with Gasteiger partial charge in [0.05, 0.1) is 25.1 Å². The molecule has 4 aliphatic heterocycles. The summed E-state index contributed by atoms with van der Waals surface area (Å²) in [5, 5.41) is 26.4. The first-order valence-corrected chi connectivity index (χ1v) is 12.1. The van der Waals surface area contributed by atoms with Crippen molar-refractivity contribution in [3.8, 4) is 0 Å². The third kappa shape index (κ3) is 4.39. The molecule has 0 aromatic heterocycles. The maximum absolute atomic E-state index is 13.4. The molecule has 0 unspecified atom stereocenters. The molecule has 0 aromatic carbocycles. The van der Waals surface area contributed by atoms with Crippen molar-refractivity contribution >= 4 is 23.6 Å². The predicted octanol–water partition coefficient (Wildman–Crippen LogP) is -3.37. The number of aliphatic hydroxyl groups is 2. The lowest BCUT2D eigenvalue weighted by Crippen LogP contribution is -2.63. The molecule has 0 spiro atoms. The summed E-state index contributed by atoms with van der Waals surface area (Å²) in [6, 6.07) is -1.51. The minimum Gasteiger partial charge on any atom is -0.388 e. The molecule has 6 bridgehead atoms. The van der Waals surface area contributed by atoms with Gasteiger partial charge in [-0.05, 0) is 26.3 Å². The van der Waals surface area contributed by atoms with Gasteiger partial charge in [0, 0.05) is 38.1 Å². The Morgan fingerprint density at radius 2 is 1.76 bits per heavy atom. The van der Waals surface area contributed by atoms with Crippen molar-refractivity contribution in [2.75, 3.05) is 39.8 Å². The number of hydrogen-bond acceptors (Lipinski definition) is 8. The Kier molecular flexibility index (Phi) is 6.25. The van der Waals surface area contributed by atoms with Gasteiger partial charge >= 0.3 is 0 Å². The molecule has 4 N–H and O–H groups in total. The van der Waals surface area contributed by atoms with Crippen LogP contribution in [0.4, 0.5) is 0 Å². The van der Waals surface area contributed by atoms with Gasteiger partial charge in [0.1, 0.15) is 24.4 Å². The highest BCUT2D eigenvalue weighted by molar-refractivity contribution is 5.91. The number of ether oxygens (including phenoxy) is 1. The maximum Gasteiger partial charge on any atom is 0.244 e. The lowest BCUT2D eigenvalue weighted by Gasteiger charge is -2.42. The highest BCUT2D eigenvalue weighted by Gasteiger charge is 2.47. The molecule has 7 atom stereocenters. The number of carbonyl (C=O) groups is 4. The smallest absolute Gasteiger partial charge is 0.244 e. The fraction of sp³-hybridized carbons (Fsp3) is 0.818. The minimum absolute atomic E-state index is 0.0587. The number of amides is 4. The summed E-state index contributed by atoms with van der Waals surface area (Å²) in [4.78, 5) is 57.1. The molecule has 12 heteroatoms. The van der Waals surface area contributed by atoms with E-state index in [4.69, 9.17) is 4.74 Å². The van der Waals surface area contributed by atoms with E-state index in [0.717, 1.165) is 12.8 Å². The number of carbonyl (C=O) groups excluding carboxylic acids is 4. The minimum atomic E-state index is -1.26. The summed E-state index contributed by atoms with van der Waals surface area (Å²) in [6.45, 7) is 1.12. The first-order chi connectivity index (χ1) is 16.2. The van der Waals surface area contributed by atoms with Gasteiger partial charge in [0.2, 0.25) is 23.6 Å². The number of nitrogens with zero attached hydrogens (tertiary/aromatic N) is 3. The lowest BCUT2D eigenvalue weighted by molar-refractivity contribution is -0.151. The topological polar surface area (TPSA) is 152 Å². The standard InChI is InChI=1S/C22H33N5O7/c1-25-9-12-6-13(25)22(33)26-4-5-27(21(32)11-2-3-11)14(10-26)20(31)23-8-16-19(30)18(29)15(34-16)7-17(28)24-12/h11-16,18-19,29-30H,2-10H2,1H3,(H,23,31)(H,24,28)/t12-,13-,14-,15-,16+,18-,19+/m0/s1. The highest BCUT2D eigenvalue weighted by Crippen LogP contribution is 2.33. The van der Waals surface area contributed by atoms with Crippen molar-refractivity contribution in [2.45, 2.75) is 68.2 Å². The van der Waals surface area contributed by atoms with Crippen molar-refractivity contribution in [1.82, 2.24) is 25.3 Å². The number of likely N-dealkylation sites (tertiary alicyclic amines) is 1. The Hall–Kier alpha value is -2.28. The number of piperazine rings is 1. The molecule has 4 amide bonds. The van der Waals surface area contributed by atoms with Gasteiger partial charge in [-0.25, -0.2) is 0 Å². The molecule has 5 fully saturated rings. The van der Waals surface area contributed by atoms with E-state index in [1.165, 1.54) is 0 Å². The summed E-state index contributed by atoms with van der Waals surface area (Å²) in [5.74, 6) is -0.988. The second-order valence-electron chi connectivity index (χ2n) is 10.2. The van der Waals surface area contributed by atoms with Gasteiger partial charge in [0.15, 0.2) is 0 Å². The first kappa shape index (κ1) is 23.5. The fourth-order valence-electron chi connectivity index (χ4n) is 5.59. The number of aliphatic hydroxyl groups excluding tert-OH is 2. The summed E-state index contributed by atoms with van der Waals surface area (Å²) < 4.78 is 5.72. The Balaban J connectivity index is 1.40. The predicted molar refractivity (Wildman–Crippen MR) is 116 cm³/mol. The quantitative estimate of drug-likeness (QED) is 0.304. The monoisotopic (exact) mass is 479 g/mol. The normalized spacial score (nSPS) is 39.7. The van der Waals surface area contributed by atoms with Crippen LogP contribution in [-0.2, 0) is 23.9 Å². The molecule has 1 saturated carbocycles. The van der Waals surface area contributed by atoms with Gasteiger partial charge in [-0.3, -0.25) is 24.1 Å². The molecule has 5 rings (SSSR count). The van der Waals surface area contributed by atoms with Crippen LogP contribution in [0.2, 0.25) is 0 Å². The molecule has 5 aliphatic rings. The van der Waals surface area contributed by atoms with Crippen LogP contribution >= 0.6 is 0 Å². The summed E-state index contributed by atoms with van der Waals surface area (Å²) >= 11 is 0. The third-order valence-electron chi connectivity index (χ3n) is 7.73. The molecule has 1 aliphatic carbocycles. The molecule has 34 heavy (non-hydrogen) atoms. The Morgan fingerprint density at radius 1 is 1.03 bits per heavy atom. The zero-order valence-corrected chi connectivity index (χ0v) is 19.3. The highest BCUT2D eigenvalue weighted by atomic mass is 16.5.